The van der Waals surface area contributed by atoms with E-state index in [-0.39, 0.29) is 22.7 Å². The van der Waals surface area contributed by atoms with Crippen LogP contribution in [-0.4, -0.2) is 60.2 Å². The van der Waals surface area contributed by atoms with E-state index in [4.69, 9.17) is 21.1 Å². The molecule has 2 aromatic rings. The van der Waals surface area contributed by atoms with E-state index >= 15 is 0 Å². The minimum absolute atomic E-state index is 0.145. The van der Waals surface area contributed by atoms with Crippen LogP contribution >= 0.6 is 11.6 Å². The van der Waals surface area contributed by atoms with Crippen molar-refractivity contribution in [2.45, 2.75) is 76.1 Å². The number of hydrogen-bond donors (Lipinski definition) is 1. The van der Waals surface area contributed by atoms with Gasteiger partial charge >= 0.3 is 0 Å². The molecule has 4 unspecified atom stereocenters. The highest BCUT2D eigenvalue weighted by Crippen LogP contribution is 2.42. The van der Waals surface area contributed by atoms with Gasteiger partial charge in [-0.3, -0.25) is 9.52 Å². The van der Waals surface area contributed by atoms with Gasteiger partial charge in [0.1, 0.15) is 16.7 Å². The average Bonchev–Trinajstić information content (AvgIpc) is 2.96. The molecule has 0 aromatic heterocycles. The second-order valence-corrected chi connectivity index (χ2v) is 14.4. The minimum Gasteiger partial charge on any atom is -0.493 e. The summed E-state index contributed by atoms with van der Waals surface area (Å²) in [5.74, 6) is 1.53. The number of likely N-dealkylation sites (N-methyl/N-ethyl adjacent to an activating group) is 1. The molecule has 0 heterocycles. The first-order valence-electron chi connectivity index (χ1n) is 15.3. The maximum absolute atomic E-state index is 12.5. The molecule has 5 atom stereocenters. The van der Waals surface area contributed by atoms with E-state index in [9.17, 15) is 9.00 Å². The number of nitrogens with one attached hydrogen (secondary N) is 1. The number of halogens is 1. The zero-order chi connectivity index (χ0) is 30.3. The first-order chi connectivity index (χ1) is 20.2. The monoisotopic (exact) mass is 614 g/mol. The Morgan fingerprint density at radius 2 is 1.98 bits per heavy atom. The molecule has 1 fully saturated rings. The van der Waals surface area contributed by atoms with E-state index < -0.39 is 11.0 Å². The molecule has 0 aliphatic heterocycles. The summed E-state index contributed by atoms with van der Waals surface area (Å²) in [6.07, 6.45) is 11.2. The van der Waals surface area contributed by atoms with Crippen molar-refractivity contribution in [2.24, 2.45) is 11.8 Å². The van der Waals surface area contributed by atoms with Gasteiger partial charge < -0.3 is 14.4 Å². The molecule has 1 amide bonds. The van der Waals surface area contributed by atoms with E-state index in [0.29, 0.717) is 29.8 Å². The van der Waals surface area contributed by atoms with Crippen LogP contribution in [0.1, 0.15) is 74.4 Å². The fourth-order valence-corrected chi connectivity index (χ4v) is 7.22. The summed E-state index contributed by atoms with van der Waals surface area (Å²) in [6, 6.07) is 13.4. The Balaban J connectivity index is 1.48. The third kappa shape index (κ3) is 8.04. The Labute approximate surface area is 259 Å². The number of hydrogen-bond acceptors (Lipinski definition) is 5. The van der Waals surface area contributed by atoms with Gasteiger partial charge in [-0.05, 0) is 119 Å². The zero-order valence-electron chi connectivity index (χ0n) is 25.7. The Kier molecular flexibility index (Phi) is 11.7. The van der Waals surface area contributed by atoms with Gasteiger partial charge in [0.25, 0.3) is 5.91 Å². The maximum Gasteiger partial charge on any atom is 0.262 e. The summed E-state index contributed by atoms with van der Waals surface area (Å²) >= 11 is 6.42. The number of nitrogens with zero attached hydrogens (tertiary/aromatic N) is 1. The number of aryl methyl sites for hydroxylation is 1. The second-order valence-electron chi connectivity index (χ2n) is 12.3. The molecule has 42 heavy (non-hydrogen) atoms. The van der Waals surface area contributed by atoms with Gasteiger partial charge in [-0.25, -0.2) is 4.21 Å². The molecule has 1 saturated carbocycles. The van der Waals surface area contributed by atoms with E-state index in [1.165, 1.54) is 24.0 Å². The standard InChI is InChI=1S/C34H47ClN2O4S/c1-6-7-10-32(40-5)30-17-13-27(30)21-37(4)22-34(19-8-9-26-20-28(35)14-18-31(26)34)23-41-29-15-11-25(12-16-29)33(38)36-42(39)24(2)3/h7,10-12,14-16,18,20,24,27,30,32H,6,8-9,13,17,19,21-23H2,1-5H3,(H,36,38)/b10-7+/t27?,30?,32?,34-,42?/m0/s1. The highest BCUT2D eigenvalue weighted by atomic mass is 35.5. The van der Waals surface area contributed by atoms with Crippen LogP contribution in [0.4, 0.5) is 0 Å². The minimum atomic E-state index is -1.41. The largest absolute Gasteiger partial charge is 0.493 e. The summed E-state index contributed by atoms with van der Waals surface area (Å²) in [6.45, 7) is 8.22. The predicted octanol–water partition coefficient (Wildman–Crippen LogP) is 6.73. The van der Waals surface area contributed by atoms with Crippen LogP contribution in [-0.2, 0) is 27.6 Å². The van der Waals surface area contributed by atoms with Crippen LogP contribution in [0.3, 0.4) is 0 Å². The van der Waals surface area contributed by atoms with Crippen molar-refractivity contribution in [2.75, 3.05) is 33.9 Å². The SMILES string of the molecule is CC/C=C/C(OC)C1CCC1CN(C)C[C@]1(COc2ccc(C(=O)NS(=O)C(C)C)cc2)CCCc2cc(Cl)ccc21. The second kappa shape index (κ2) is 15.0. The lowest BCUT2D eigenvalue weighted by Crippen LogP contribution is -2.49. The molecule has 2 aromatic carbocycles. The number of rotatable bonds is 14. The third-order valence-corrected chi connectivity index (χ3v) is 10.3. The molecule has 4 rings (SSSR count). The van der Waals surface area contributed by atoms with Crippen LogP contribution in [0.2, 0.25) is 5.02 Å². The van der Waals surface area contributed by atoms with Crippen molar-refractivity contribution < 1.29 is 18.5 Å². The van der Waals surface area contributed by atoms with Crippen LogP contribution in [0.5, 0.6) is 5.75 Å². The number of ether oxygens (including phenoxy) is 2. The quantitative estimate of drug-likeness (QED) is 0.239. The van der Waals surface area contributed by atoms with E-state index in [0.717, 1.165) is 43.8 Å². The van der Waals surface area contributed by atoms with Gasteiger partial charge in [0.05, 0.1) is 12.7 Å². The normalized spacial score (nSPS) is 23.4. The third-order valence-electron chi connectivity index (χ3n) is 8.84. The maximum atomic E-state index is 12.5. The number of carbonyl (C=O) groups excluding carboxylic acids is 1. The molecule has 230 valence electrons. The van der Waals surface area contributed by atoms with Crippen LogP contribution in [0.15, 0.2) is 54.6 Å². The lowest BCUT2D eigenvalue weighted by Gasteiger charge is -2.45. The van der Waals surface area contributed by atoms with Crippen molar-refractivity contribution in [1.82, 2.24) is 9.62 Å². The lowest BCUT2D eigenvalue weighted by atomic mass is 9.68. The molecule has 2 aliphatic carbocycles. The topological polar surface area (TPSA) is 67.9 Å². The van der Waals surface area contributed by atoms with Crippen molar-refractivity contribution >= 4 is 28.5 Å². The predicted molar refractivity (Wildman–Crippen MR) is 173 cm³/mol. The van der Waals surface area contributed by atoms with Crippen molar-refractivity contribution in [1.29, 1.82) is 0 Å². The number of benzene rings is 2. The van der Waals surface area contributed by atoms with Gasteiger partial charge in [0, 0.05) is 41.5 Å². The molecule has 0 bridgehead atoms. The van der Waals surface area contributed by atoms with E-state index in [2.05, 4.69) is 47.9 Å². The van der Waals surface area contributed by atoms with Crippen LogP contribution < -0.4 is 9.46 Å². The van der Waals surface area contributed by atoms with Crippen LogP contribution in [0.25, 0.3) is 0 Å². The molecule has 0 spiro atoms. The number of carbonyl (C=O) groups is 1. The van der Waals surface area contributed by atoms with Crippen LogP contribution in [0, 0.1) is 11.8 Å². The highest BCUT2D eigenvalue weighted by Gasteiger charge is 2.41. The lowest BCUT2D eigenvalue weighted by molar-refractivity contribution is -0.00439. The average molecular weight is 615 g/mol. The summed E-state index contributed by atoms with van der Waals surface area (Å²) in [5.41, 5.74) is 2.91. The molecule has 6 nitrogen and oxygen atoms in total. The Morgan fingerprint density at radius 1 is 1.21 bits per heavy atom. The van der Waals surface area contributed by atoms with Crippen molar-refractivity contribution in [3.05, 3.63) is 76.3 Å². The number of amides is 1. The van der Waals surface area contributed by atoms with Gasteiger partial charge in [-0.2, -0.15) is 0 Å². The smallest absolute Gasteiger partial charge is 0.262 e. The summed E-state index contributed by atoms with van der Waals surface area (Å²) in [7, 11) is 2.65. The number of allylic oxidation sites excluding steroid dienone is 1. The van der Waals surface area contributed by atoms with Gasteiger partial charge in [0.2, 0.25) is 0 Å². The summed E-state index contributed by atoms with van der Waals surface area (Å²) in [5, 5.41) is 0.628. The van der Waals surface area contributed by atoms with Gasteiger partial charge in [-0.15, -0.1) is 0 Å². The first kappa shape index (κ1) is 32.7. The zero-order valence-corrected chi connectivity index (χ0v) is 27.3. The summed E-state index contributed by atoms with van der Waals surface area (Å²) < 4.78 is 26.9. The molecule has 0 radical (unpaired) electrons. The first-order valence-corrected chi connectivity index (χ1v) is 16.9. The van der Waals surface area contributed by atoms with Gasteiger partial charge in [-0.1, -0.05) is 36.7 Å². The molecular formula is C34H47ClN2O4S. The van der Waals surface area contributed by atoms with E-state index in [1.807, 2.05) is 39.2 Å². The number of methoxy groups -OCH3 is 1. The molecular weight excluding hydrogens is 568 g/mol. The Bertz CT molecular complexity index is 1250. The Morgan fingerprint density at radius 3 is 2.62 bits per heavy atom. The molecule has 2 aliphatic rings. The van der Waals surface area contributed by atoms with Crippen molar-refractivity contribution in [3.63, 3.8) is 0 Å². The molecule has 1 N–H and O–H groups in total. The van der Waals surface area contributed by atoms with E-state index in [1.54, 1.807) is 12.1 Å². The van der Waals surface area contributed by atoms with Crippen molar-refractivity contribution in [3.8, 4) is 5.75 Å². The Hall–Kier alpha value is -2.19. The fourth-order valence-electron chi connectivity index (χ4n) is 6.49. The molecule has 0 saturated heterocycles. The fraction of sp³-hybridized carbons (Fsp3) is 0.559. The summed E-state index contributed by atoms with van der Waals surface area (Å²) in [4.78, 5) is 15.0. The highest BCUT2D eigenvalue weighted by molar-refractivity contribution is 7.84. The van der Waals surface area contributed by atoms with Gasteiger partial charge in [0.15, 0.2) is 0 Å². The number of fused-ring (bicyclic) bond motifs is 1. The molecule has 8 heteroatoms.